The molecule has 1 aromatic carbocycles. The van der Waals surface area contributed by atoms with Gasteiger partial charge < -0.3 is 19.1 Å². The number of carbonyl (C=O) groups excluding carboxylic acids is 1. The Morgan fingerprint density at radius 3 is 2.96 bits per heavy atom. The van der Waals surface area contributed by atoms with Crippen LogP contribution >= 0.6 is 0 Å². The van der Waals surface area contributed by atoms with Crippen LogP contribution in [0.2, 0.25) is 0 Å². The fourth-order valence-corrected chi connectivity index (χ4v) is 4.02. The van der Waals surface area contributed by atoms with E-state index in [0.717, 1.165) is 42.7 Å². The largest absolute Gasteiger partial charge is 0.497 e. The van der Waals surface area contributed by atoms with Crippen molar-refractivity contribution in [2.45, 2.75) is 31.8 Å². The minimum Gasteiger partial charge on any atom is -0.497 e. The van der Waals surface area contributed by atoms with Crippen LogP contribution in [0.25, 0.3) is 0 Å². The van der Waals surface area contributed by atoms with E-state index in [9.17, 15) is 4.79 Å². The first kappa shape index (κ1) is 18.7. The lowest BCUT2D eigenvalue weighted by Gasteiger charge is -2.33. The van der Waals surface area contributed by atoms with E-state index in [0.29, 0.717) is 31.1 Å². The number of aryl methyl sites for hydroxylation is 2. The smallest absolute Gasteiger partial charge is 0.259 e. The summed E-state index contributed by atoms with van der Waals surface area (Å²) < 4.78 is 16.6. The molecule has 1 atom stereocenters. The molecule has 148 valence electrons. The molecule has 0 unspecified atom stereocenters. The van der Waals surface area contributed by atoms with Crippen LogP contribution in [0.4, 0.5) is 0 Å². The summed E-state index contributed by atoms with van der Waals surface area (Å²) in [5.74, 6) is 1.23. The molecule has 1 saturated heterocycles. The first-order valence-corrected chi connectivity index (χ1v) is 9.78. The lowest BCUT2D eigenvalue weighted by atomic mass is 10.1. The van der Waals surface area contributed by atoms with Gasteiger partial charge >= 0.3 is 0 Å². The summed E-state index contributed by atoms with van der Waals surface area (Å²) in [6.45, 7) is 1.66. The third-order valence-corrected chi connectivity index (χ3v) is 5.46. The van der Waals surface area contributed by atoms with Crippen LogP contribution in [-0.4, -0.2) is 55.8 Å². The average Bonchev–Trinajstić information content (AvgIpc) is 3.20. The Balaban J connectivity index is 1.49. The molecule has 0 N–H and O–H groups in total. The Bertz CT molecular complexity index is 868. The van der Waals surface area contributed by atoms with Gasteiger partial charge in [-0.3, -0.25) is 4.79 Å². The molecule has 0 bridgehead atoms. The van der Waals surface area contributed by atoms with Crippen LogP contribution in [-0.2, 0) is 24.0 Å². The van der Waals surface area contributed by atoms with Gasteiger partial charge in [-0.05, 0) is 48.6 Å². The van der Waals surface area contributed by atoms with Gasteiger partial charge in [0.05, 0.1) is 26.9 Å². The molecule has 1 fully saturated rings. The maximum absolute atomic E-state index is 13.2. The first-order valence-electron chi connectivity index (χ1n) is 9.78. The van der Waals surface area contributed by atoms with Crippen LogP contribution in [0.5, 0.6) is 11.6 Å². The number of hydrogen-bond donors (Lipinski definition) is 0. The van der Waals surface area contributed by atoms with E-state index in [-0.39, 0.29) is 12.0 Å². The molecule has 2 heterocycles. The highest BCUT2D eigenvalue weighted by atomic mass is 16.5. The predicted octanol–water partition coefficient (Wildman–Crippen LogP) is 2.67. The number of aromatic nitrogens is 1. The number of carbonyl (C=O) groups is 1. The van der Waals surface area contributed by atoms with Crippen molar-refractivity contribution in [3.63, 3.8) is 0 Å². The highest BCUT2D eigenvalue weighted by Gasteiger charge is 2.29. The molecule has 2 aliphatic rings. The SMILES string of the molecule is COc1cccc(C[C@H]2CN(C(=O)c3cc4c(nc3OC)CCC4)CCO2)c1. The molecule has 1 aromatic heterocycles. The molecule has 0 spiro atoms. The molecule has 2 aromatic rings. The third-order valence-electron chi connectivity index (χ3n) is 5.46. The van der Waals surface area contributed by atoms with E-state index >= 15 is 0 Å². The van der Waals surface area contributed by atoms with Crippen LogP contribution < -0.4 is 9.47 Å². The van der Waals surface area contributed by atoms with Crippen molar-refractivity contribution in [2.75, 3.05) is 33.9 Å². The number of rotatable bonds is 5. The molecular weight excluding hydrogens is 356 g/mol. The number of pyridine rings is 1. The molecule has 1 amide bonds. The van der Waals surface area contributed by atoms with Gasteiger partial charge in [-0.25, -0.2) is 4.98 Å². The van der Waals surface area contributed by atoms with Crippen LogP contribution in [0.15, 0.2) is 30.3 Å². The zero-order valence-corrected chi connectivity index (χ0v) is 16.4. The maximum Gasteiger partial charge on any atom is 0.259 e. The number of morpholine rings is 1. The summed E-state index contributed by atoms with van der Waals surface area (Å²) in [5.41, 5.74) is 3.93. The molecule has 1 aliphatic heterocycles. The summed E-state index contributed by atoms with van der Waals surface area (Å²) in [6.07, 6.45) is 3.72. The average molecular weight is 382 g/mol. The summed E-state index contributed by atoms with van der Waals surface area (Å²) in [7, 11) is 3.24. The van der Waals surface area contributed by atoms with Crippen molar-refractivity contribution in [1.82, 2.24) is 9.88 Å². The standard InChI is InChI=1S/C22H26N2O4/c1-26-17-7-3-5-15(11-17)12-18-14-24(9-10-28-18)22(25)19-13-16-6-4-8-20(16)23-21(19)27-2/h3,5,7,11,13,18H,4,6,8-10,12,14H2,1-2H3/t18-/m0/s1. The molecule has 0 saturated carbocycles. The quantitative estimate of drug-likeness (QED) is 0.796. The topological polar surface area (TPSA) is 60.9 Å². The number of methoxy groups -OCH3 is 2. The normalized spacial score (nSPS) is 18.6. The Kier molecular flexibility index (Phi) is 5.48. The monoisotopic (exact) mass is 382 g/mol. The van der Waals surface area contributed by atoms with Gasteiger partial charge in [0.2, 0.25) is 5.88 Å². The second kappa shape index (κ2) is 8.19. The summed E-state index contributed by atoms with van der Waals surface area (Å²) in [5, 5.41) is 0. The minimum atomic E-state index is -0.0433. The molecule has 6 nitrogen and oxygen atoms in total. The van der Waals surface area contributed by atoms with E-state index < -0.39 is 0 Å². The highest BCUT2D eigenvalue weighted by molar-refractivity contribution is 5.96. The highest BCUT2D eigenvalue weighted by Crippen LogP contribution is 2.28. The van der Waals surface area contributed by atoms with Gasteiger partial charge in [0.1, 0.15) is 11.3 Å². The van der Waals surface area contributed by atoms with Gasteiger partial charge in [-0.1, -0.05) is 12.1 Å². The van der Waals surface area contributed by atoms with Gasteiger partial charge in [0.25, 0.3) is 5.91 Å². The molecule has 4 rings (SSSR count). The number of nitrogens with zero attached hydrogens (tertiary/aromatic N) is 2. The first-order chi connectivity index (χ1) is 13.7. The zero-order chi connectivity index (χ0) is 19.5. The number of ether oxygens (including phenoxy) is 3. The van der Waals surface area contributed by atoms with Crippen LogP contribution in [0.3, 0.4) is 0 Å². The van der Waals surface area contributed by atoms with Gasteiger partial charge in [0.15, 0.2) is 0 Å². The lowest BCUT2D eigenvalue weighted by Crippen LogP contribution is -2.46. The number of benzene rings is 1. The molecule has 6 heteroatoms. The van der Waals surface area contributed by atoms with Gasteiger partial charge in [0, 0.05) is 25.2 Å². The Morgan fingerprint density at radius 2 is 2.14 bits per heavy atom. The van der Waals surface area contributed by atoms with Crippen LogP contribution in [0.1, 0.15) is 33.6 Å². The molecule has 1 aliphatic carbocycles. The fraction of sp³-hybridized carbons (Fsp3) is 0.455. The van der Waals surface area contributed by atoms with Crippen molar-refractivity contribution >= 4 is 5.91 Å². The van der Waals surface area contributed by atoms with E-state index in [1.807, 2.05) is 29.2 Å². The summed E-state index contributed by atoms with van der Waals surface area (Å²) >= 11 is 0. The molecule has 28 heavy (non-hydrogen) atoms. The Hall–Kier alpha value is -2.60. The van der Waals surface area contributed by atoms with Crippen LogP contribution in [0, 0.1) is 0 Å². The maximum atomic E-state index is 13.2. The number of fused-ring (bicyclic) bond motifs is 1. The third kappa shape index (κ3) is 3.83. The van der Waals surface area contributed by atoms with E-state index in [1.54, 1.807) is 14.2 Å². The Labute approximate surface area is 165 Å². The fourth-order valence-electron chi connectivity index (χ4n) is 4.02. The Morgan fingerprint density at radius 1 is 1.25 bits per heavy atom. The summed E-state index contributed by atoms with van der Waals surface area (Å²) in [6, 6.07) is 9.94. The zero-order valence-electron chi connectivity index (χ0n) is 16.4. The minimum absolute atomic E-state index is 0.0296. The number of amides is 1. The van der Waals surface area contributed by atoms with Crippen molar-refractivity contribution < 1.29 is 19.0 Å². The van der Waals surface area contributed by atoms with E-state index in [1.165, 1.54) is 5.56 Å². The predicted molar refractivity (Wildman–Crippen MR) is 105 cm³/mol. The van der Waals surface area contributed by atoms with Crippen molar-refractivity contribution in [1.29, 1.82) is 0 Å². The number of hydrogen-bond acceptors (Lipinski definition) is 5. The second-order valence-corrected chi connectivity index (χ2v) is 7.30. The lowest BCUT2D eigenvalue weighted by molar-refractivity contribution is -0.0209. The van der Waals surface area contributed by atoms with Crippen molar-refractivity contribution in [2.24, 2.45) is 0 Å². The van der Waals surface area contributed by atoms with Gasteiger partial charge in [-0.2, -0.15) is 0 Å². The second-order valence-electron chi connectivity index (χ2n) is 7.30. The summed E-state index contributed by atoms with van der Waals surface area (Å²) in [4.78, 5) is 19.6. The molecule has 0 radical (unpaired) electrons. The van der Waals surface area contributed by atoms with Crippen molar-refractivity contribution in [3.05, 3.63) is 52.7 Å². The molecular formula is C22H26N2O4. The van der Waals surface area contributed by atoms with Gasteiger partial charge in [-0.15, -0.1) is 0 Å². The van der Waals surface area contributed by atoms with E-state index in [4.69, 9.17) is 14.2 Å². The van der Waals surface area contributed by atoms with E-state index in [2.05, 4.69) is 11.1 Å². The van der Waals surface area contributed by atoms with Crippen molar-refractivity contribution in [3.8, 4) is 11.6 Å².